The van der Waals surface area contributed by atoms with Gasteiger partial charge in [-0.15, -0.1) is 0 Å². The minimum Gasteiger partial charge on any atom is -0.394 e. The maximum absolute atomic E-state index is 9.72. The van der Waals surface area contributed by atoms with E-state index in [4.69, 9.17) is 9.84 Å². The first kappa shape index (κ1) is 32.5. The number of allylic oxidation sites excluding steroid dienone is 2. The highest BCUT2D eigenvalue weighted by Crippen LogP contribution is 2.22. The summed E-state index contributed by atoms with van der Waals surface area (Å²) in [7, 11) is 0. The molecule has 0 aromatic rings. The molecule has 0 saturated carbocycles. The van der Waals surface area contributed by atoms with Gasteiger partial charge in [0.15, 0.2) is 0 Å². The Morgan fingerprint density at radius 3 is 1.88 bits per heavy atom. The molecule has 5 nitrogen and oxygen atoms in total. The Hall–Kier alpha value is -0.460. The first-order chi connectivity index (χ1) is 15.7. The van der Waals surface area contributed by atoms with Crippen molar-refractivity contribution in [2.24, 2.45) is 17.8 Å². The third-order valence-electron chi connectivity index (χ3n) is 6.66. The number of rotatable bonds is 22. The topological polar surface area (TPSA) is 90.2 Å². The largest absolute Gasteiger partial charge is 0.394 e. The van der Waals surface area contributed by atoms with Crippen molar-refractivity contribution in [2.45, 2.75) is 130 Å². The predicted molar refractivity (Wildman–Crippen MR) is 138 cm³/mol. The zero-order chi connectivity index (χ0) is 25.1. The standard InChI is InChI=1S/C28H56O5/c1-22(2)11-8-13-24(4)15-10-17-25(5)16-9-14-23(3)12-6-7-19-33-20-18-26(30)28(32)27(31)21-29/h12,22,24-32H,6-11,13-21H2,1-5H3/t24?,25?,26-,27-,28+/m0/s1. The third kappa shape index (κ3) is 19.5. The van der Waals surface area contributed by atoms with Gasteiger partial charge in [0.25, 0.3) is 0 Å². The van der Waals surface area contributed by atoms with Crippen LogP contribution in [0.15, 0.2) is 11.6 Å². The Morgan fingerprint density at radius 1 is 0.727 bits per heavy atom. The summed E-state index contributed by atoms with van der Waals surface area (Å²) in [6.45, 7) is 12.0. The lowest BCUT2D eigenvalue weighted by atomic mass is 9.91. The quantitative estimate of drug-likeness (QED) is 0.121. The maximum atomic E-state index is 9.72. The molecule has 0 saturated heterocycles. The van der Waals surface area contributed by atoms with Gasteiger partial charge < -0.3 is 25.2 Å². The lowest BCUT2D eigenvalue weighted by Gasteiger charge is -2.21. The van der Waals surface area contributed by atoms with Crippen LogP contribution >= 0.6 is 0 Å². The highest BCUT2D eigenvalue weighted by molar-refractivity contribution is 4.97. The fraction of sp³-hybridized carbons (Fsp3) is 0.929. The second-order valence-corrected chi connectivity index (χ2v) is 10.8. The molecular weight excluding hydrogens is 416 g/mol. The van der Waals surface area contributed by atoms with Crippen LogP contribution in [0.1, 0.15) is 112 Å². The highest BCUT2D eigenvalue weighted by Gasteiger charge is 2.23. The van der Waals surface area contributed by atoms with Crippen LogP contribution in [0.4, 0.5) is 0 Å². The molecular formula is C28H56O5. The van der Waals surface area contributed by atoms with E-state index < -0.39 is 24.9 Å². The van der Waals surface area contributed by atoms with Crippen molar-refractivity contribution in [1.29, 1.82) is 0 Å². The summed E-state index contributed by atoms with van der Waals surface area (Å²) < 4.78 is 5.50. The third-order valence-corrected chi connectivity index (χ3v) is 6.66. The molecule has 4 N–H and O–H groups in total. The Labute approximate surface area is 204 Å². The molecule has 0 amide bonds. The summed E-state index contributed by atoms with van der Waals surface area (Å²) in [4.78, 5) is 0. The van der Waals surface area contributed by atoms with Gasteiger partial charge in [-0.25, -0.2) is 0 Å². The number of hydrogen-bond acceptors (Lipinski definition) is 5. The number of hydrogen-bond donors (Lipinski definition) is 4. The predicted octanol–water partition coefficient (Wildman–Crippen LogP) is 5.63. The van der Waals surface area contributed by atoms with E-state index in [9.17, 15) is 15.3 Å². The van der Waals surface area contributed by atoms with Gasteiger partial charge >= 0.3 is 0 Å². The highest BCUT2D eigenvalue weighted by atomic mass is 16.5. The van der Waals surface area contributed by atoms with Crippen molar-refractivity contribution >= 4 is 0 Å². The van der Waals surface area contributed by atoms with Crippen LogP contribution in [0.3, 0.4) is 0 Å². The molecule has 5 atom stereocenters. The average Bonchev–Trinajstić information content (AvgIpc) is 2.76. The van der Waals surface area contributed by atoms with Crippen molar-refractivity contribution in [3.8, 4) is 0 Å². The van der Waals surface area contributed by atoms with Crippen molar-refractivity contribution in [3.05, 3.63) is 11.6 Å². The average molecular weight is 473 g/mol. The SMILES string of the molecule is CC(=CCCCOCC[C@H](O)[C@@H](O)[C@@H](O)CO)CCCC(C)CCCC(C)CCCC(C)C. The van der Waals surface area contributed by atoms with E-state index in [1.54, 1.807) is 0 Å². The van der Waals surface area contributed by atoms with E-state index in [1.807, 2.05) is 0 Å². The van der Waals surface area contributed by atoms with Gasteiger partial charge in [0.05, 0.1) is 12.7 Å². The smallest absolute Gasteiger partial charge is 0.108 e. The summed E-state index contributed by atoms with van der Waals surface area (Å²) in [5.41, 5.74) is 1.46. The molecule has 0 aliphatic carbocycles. The Balaban J connectivity index is 3.67. The van der Waals surface area contributed by atoms with Crippen LogP contribution in [-0.2, 0) is 4.74 Å². The first-order valence-corrected chi connectivity index (χ1v) is 13.6. The van der Waals surface area contributed by atoms with Crippen molar-refractivity contribution in [2.75, 3.05) is 19.8 Å². The summed E-state index contributed by atoms with van der Waals surface area (Å²) in [6.07, 6.45) is 12.7. The molecule has 0 rings (SSSR count). The second-order valence-electron chi connectivity index (χ2n) is 10.8. The molecule has 0 aliphatic heterocycles. The summed E-state index contributed by atoms with van der Waals surface area (Å²) in [5.74, 6) is 2.53. The zero-order valence-electron chi connectivity index (χ0n) is 22.3. The van der Waals surface area contributed by atoms with Crippen LogP contribution in [-0.4, -0.2) is 58.6 Å². The fourth-order valence-corrected chi connectivity index (χ4v) is 4.18. The first-order valence-electron chi connectivity index (χ1n) is 13.6. The molecule has 0 aromatic heterocycles. The van der Waals surface area contributed by atoms with Gasteiger partial charge in [-0.1, -0.05) is 84.3 Å². The van der Waals surface area contributed by atoms with E-state index in [2.05, 4.69) is 40.7 Å². The van der Waals surface area contributed by atoms with Crippen molar-refractivity contribution in [1.82, 2.24) is 0 Å². The molecule has 0 radical (unpaired) electrons. The monoisotopic (exact) mass is 472 g/mol. The molecule has 0 heterocycles. The van der Waals surface area contributed by atoms with Crippen LogP contribution in [0.25, 0.3) is 0 Å². The van der Waals surface area contributed by atoms with Gasteiger partial charge in [-0.2, -0.15) is 0 Å². The van der Waals surface area contributed by atoms with Crippen molar-refractivity contribution in [3.63, 3.8) is 0 Å². The molecule has 0 aromatic carbocycles. The Kier molecular flexibility index (Phi) is 20.6. The van der Waals surface area contributed by atoms with Gasteiger partial charge in [0.2, 0.25) is 0 Å². The number of unbranched alkanes of at least 4 members (excludes halogenated alkanes) is 1. The van der Waals surface area contributed by atoms with Crippen LogP contribution in [0, 0.1) is 17.8 Å². The summed E-state index contributed by atoms with van der Waals surface area (Å²) in [6, 6.07) is 0. The number of aliphatic hydroxyl groups excluding tert-OH is 4. The van der Waals surface area contributed by atoms with Crippen LogP contribution < -0.4 is 0 Å². The van der Waals surface area contributed by atoms with E-state index >= 15 is 0 Å². The number of aliphatic hydroxyl groups is 4. The molecule has 198 valence electrons. The molecule has 2 unspecified atom stereocenters. The van der Waals surface area contributed by atoms with E-state index in [-0.39, 0.29) is 6.42 Å². The summed E-state index contributed by atoms with van der Waals surface area (Å²) in [5, 5.41) is 37.4. The zero-order valence-corrected chi connectivity index (χ0v) is 22.3. The van der Waals surface area contributed by atoms with Crippen LogP contribution in [0.2, 0.25) is 0 Å². The summed E-state index contributed by atoms with van der Waals surface area (Å²) >= 11 is 0. The lowest BCUT2D eigenvalue weighted by Crippen LogP contribution is -2.40. The van der Waals surface area contributed by atoms with Gasteiger partial charge in [0.1, 0.15) is 12.2 Å². The second kappa shape index (κ2) is 20.9. The van der Waals surface area contributed by atoms with Crippen LogP contribution in [0.5, 0.6) is 0 Å². The van der Waals surface area contributed by atoms with E-state index in [0.717, 1.165) is 30.6 Å². The van der Waals surface area contributed by atoms with Gasteiger partial charge in [-0.05, 0) is 56.8 Å². The molecule has 0 bridgehead atoms. The molecule has 0 spiro atoms. The molecule has 5 heteroatoms. The Bertz CT molecular complexity index is 465. The molecule has 0 aliphatic rings. The molecule has 33 heavy (non-hydrogen) atoms. The van der Waals surface area contributed by atoms with Gasteiger partial charge in [0, 0.05) is 13.2 Å². The molecule has 0 fully saturated rings. The van der Waals surface area contributed by atoms with E-state index in [1.165, 1.54) is 63.4 Å². The van der Waals surface area contributed by atoms with Crippen molar-refractivity contribution < 1.29 is 25.2 Å². The normalized spacial score (nSPS) is 17.2. The number of ether oxygens (including phenoxy) is 1. The maximum Gasteiger partial charge on any atom is 0.108 e. The fourth-order valence-electron chi connectivity index (χ4n) is 4.18. The minimum absolute atomic E-state index is 0.238. The Morgan fingerprint density at radius 2 is 1.30 bits per heavy atom. The minimum atomic E-state index is -1.34. The lowest BCUT2D eigenvalue weighted by molar-refractivity contribution is -0.0839. The van der Waals surface area contributed by atoms with Gasteiger partial charge in [-0.3, -0.25) is 0 Å². The van der Waals surface area contributed by atoms with E-state index in [0.29, 0.717) is 13.2 Å².